The molecule has 3 heterocycles. The summed E-state index contributed by atoms with van der Waals surface area (Å²) in [5.41, 5.74) is 0.0341. The zero-order chi connectivity index (χ0) is 24.9. The fourth-order valence-corrected chi connectivity index (χ4v) is 4.34. The summed E-state index contributed by atoms with van der Waals surface area (Å²) >= 11 is 0. The van der Waals surface area contributed by atoms with Gasteiger partial charge in [0.25, 0.3) is 5.56 Å². The van der Waals surface area contributed by atoms with Gasteiger partial charge in [-0.15, -0.1) is 0 Å². The topological polar surface area (TPSA) is 107 Å². The van der Waals surface area contributed by atoms with Gasteiger partial charge < -0.3 is 14.5 Å². The van der Waals surface area contributed by atoms with Gasteiger partial charge in [-0.2, -0.15) is 0 Å². The Morgan fingerprint density at radius 2 is 1.77 bits per heavy atom. The van der Waals surface area contributed by atoms with E-state index >= 15 is 0 Å². The molecule has 3 aromatic rings. The van der Waals surface area contributed by atoms with Crippen LogP contribution in [0.15, 0.2) is 52.2 Å². The highest BCUT2D eigenvalue weighted by molar-refractivity contribution is 5.89. The Balaban J connectivity index is 1.49. The minimum absolute atomic E-state index is 0.133. The van der Waals surface area contributed by atoms with Crippen LogP contribution in [0.4, 0.5) is 5.82 Å². The van der Waals surface area contributed by atoms with Gasteiger partial charge >= 0.3 is 11.7 Å². The number of carbonyl (C=O) groups is 2. The Labute approximate surface area is 202 Å². The molecule has 0 bridgehead atoms. The van der Waals surface area contributed by atoms with E-state index in [0.717, 1.165) is 16.8 Å². The molecule has 0 radical (unpaired) electrons. The first-order valence-electron chi connectivity index (χ1n) is 11.8. The molecular formula is C25H29N5O5. The van der Waals surface area contributed by atoms with Crippen LogP contribution in [-0.2, 0) is 22.6 Å². The lowest BCUT2D eigenvalue weighted by Gasteiger charge is -2.23. The normalized spacial score (nSPS) is 14.1. The van der Waals surface area contributed by atoms with Crippen LogP contribution in [0.3, 0.4) is 0 Å². The smallest absolute Gasteiger partial charge is 0.339 e. The van der Waals surface area contributed by atoms with E-state index in [1.165, 1.54) is 10.8 Å². The maximum Gasteiger partial charge on any atom is 0.339 e. The van der Waals surface area contributed by atoms with Crippen LogP contribution in [0, 0.1) is 0 Å². The predicted molar refractivity (Wildman–Crippen MR) is 132 cm³/mol. The fourth-order valence-electron chi connectivity index (χ4n) is 4.34. The van der Waals surface area contributed by atoms with E-state index in [0.29, 0.717) is 49.3 Å². The Morgan fingerprint density at radius 1 is 0.971 bits per heavy atom. The van der Waals surface area contributed by atoms with Crippen molar-refractivity contribution in [2.75, 3.05) is 37.7 Å². The molecule has 0 atom stereocenters. The monoisotopic (exact) mass is 479 g/mol. The minimum Gasteiger partial charge on any atom is -0.462 e. The molecule has 10 nitrogen and oxygen atoms in total. The SMILES string of the molecule is CCOC(=O)c1ccc(N2CCCN(C(=O)Cn3c(=O)n(CC)c(=O)c4ccccc43)CC2)nc1. The summed E-state index contributed by atoms with van der Waals surface area (Å²) in [5, 5.41) is 0.418. The van der Waals surface area contributed by atoms with E-state index in [-0.39, 0.29) is 24.6 Å². The number of esters is 1. The number of rotatable bonds is 6. The molecule has 1 aliphatic heterocycles. The Kier molecular flexibility index (Phi) is 7.28. The van der Waals surface area contributed by atoms with Crippen molar-refractivity contribution in [2.45, 2.75) is 33.4 Å². The second-order valence-corrected chi connectivity index (χ2v) is 8.28. The Morgan fingerprint density at radius 3 is 2.49 bits per heavy atom. The zero-order valence-corrected chi connectivity index (χ0v) is 20.0. The molecule has 1 aliphatic rings. The van der Waals surface area contributed by atoms with Crippen LogP contribution in [0.1, 0.15) is 30.6 Å². The maximum atomic E-state index is 13.2. The van der Waals surface area contributed by atoms with Gasteiger partial charge in [-0.3, -0.25) is 18.7 Å². The highest BCUT2D eigenvalue weighted by Gasteiger charge is 2.22. The van der Waals surface area contributed by atoms with E-state index in [1.807, 2.05) is 0 Å². The highest BCUT2D eigenvalue weighted by Crippen LogP contribution is 2.16. The van der Waals surface area contributed by atoms with Gasteiger partial charge in [0.2, 0.25) is 5.91 Å². The van der Waals surface area contributed by atoms with Crippen molar-refractivity contribution in [3.8, 4) is 0 Å². The van der Waals surface area contributed by atoms with Crippen molar-refractivity contribution in [1.82, 2.24) is 19.0 Å². The Bertz CT molecular complexity index is 1350. The number of benzene rings is 1. The predicted octanol–water partition coefficient (Wildman–Crippen LogP) is 1.49. The van der Waals surface area contributed by atoms with Gasteiger partial charge in [0.1, 0.15) is 12.4 Å². The van der Waals surface area contributed by atoms with Crippen molar-refractivity contribution in [3.63, 3.8) is 0 Å². The third-order valence-electron chi connectivity index (χ3n) is 6.17. The third kappa shape index (κ3) is 4.96. The molecule has 35 heavy (non-hydrogen) atoms. The lowest BCUT2D eigenvalue weighted by atomic mass is 10.2. The number of aromatic nitrogens is 3. The molecule has 1 fully saturated rings. The largest absolute Gasteiger partial charge is 0.462 e. The maximum absolute atomic E-state index is 13.2. The van der Waals surface area contributed by atoms with Gasteiger partial charge in [-0.05, 0) is 44.5 Å². The molecule has 1 amide bonds. The summed E-state index contributed by atoms with van der Waals surface area (Å²) in [7, 11) is 0. The number of hydrogen-bond donors (Lipinski definition) is 0. The summed E-state index contributed by atoms with van der Waals surface area (Å²) < 4.78 is 7.55. The first-order chi connectivity index (χ1) is 16.9. The fraction of sp³-hybridized carbons (Fsp3) is 0.400. The lowest BCUT2D eigenvalue weighted by Crippen LogP contribution is -2.44. The number of para-hydroxylation sites is 1. The molecular weight excluding hydrogens is 450 g/mol. The second-order valence-electron chi connectivity index (χ2n) is 8.28. The molecule has 0 saturated carbocycles. The van der Waals surface area contributed by atoms with E-state index in [2.05, 4.69) is 9.88 Å². The molecule has 4 rings (SSSR count). The first-order valence-corrected chi connectivity index (χ1v) is 11.8. The average molecular weight is 480 g/mol. The van der Waals surface area contributed by atoms with Gasteiger partial charge in [-0.1, -0.05) is 12.1 Å². The number of anilines is 1. The van der Waals surface area contributed by atoms with E-state index < -0.39 is 11.7 Å². The first kappa shape index (κ1) is 24.2. The van der Waals surface area contributed by atoms with Crippen molar-refractivity contribution in [1.29, 1.82) is 0 Å². The quantitative estimate of drug-likeness (QED) is 0.493. The number of nitrogens with zero attached hydrogens (tertiary/aromatic N) is 5. The molecule has 1 saturated heterocycles. The van der Waals surface area contributed by atoms with Crippen LogP contribution in [0.5, 0.6) is 0 Å². The Hall–Kier alpha value is -3.95. The van der Waals surface area contributed by atoms with Crippen LogP contribution in [0.25, 0.3) is 10.9 Å². The second kappa shape index (κ2) is 10.5. The van der Waals surface area contributed by atoms with Gasteiger partial charge in [0.15, 0.2) is 0 Å². The van der Waals surface area contributed by atoms with Gasteiger partial charge in [0, 0.05) is 38.9 Å². The summed E-state index contributed by atoms with van der Waals surface area (Å²) in [5.74, 6) is 0.145. The highest BCUT2D eigenvalue weighted by atomic mass is 16.5. The van der Waals surface area contributed by atoms with Gasteiger partial charge in [-0.25, -0.2) is 14.6 Å². The molecule has 2 aromatic heterocycles. The molecule has 0 spiro atoms. The number of fused-ring (bicyclic) bond motifs is 1. The van der Waals surface area contributed by atoms with Crippen LogP contribution in [-0.4, -0.2) is 63.7 Å². The van der Waals surface area contributed by atoms with Crippen LogP contribution >= 0.6 is 0 Å². The third-order valence-corrected chi connectivity index (χ3v) is 6.17. The van der Waals surface area contributed by atoms with E-state index in [1.54, 1.807) is 55.1 Å². The zero-order valence-electron chi connectivity index (χ0n) is 20.0. The van der Waals surface area contributed by atoms with Crippen molar-refractivity contribution < 1.29 is 14.3 Å². The number of carbonyl (C=O) groups excluding carboxylic acids is 2. The van der Waals surface area contributed by atoms with E-state index in [9.17, 15) is 19.2 Å². The van der Waals surface area contributed by atoms with Crippen molar-refractivity contribution in [2.24, 2.45) is 0 Å². The minimum atomic E-state index is -0.480. The number of ether oxygens (including phenoxy) is 1. The van der Waals surface area contributed by atoms with Gasteiger partial charge in [0.05, 0.1) is 23.1 Å². The lowest BCUT2D eigenvalue weighted by molar-refractivity contribution is -0.131. The molecule has 10 heteroatoms. The van der Waals surface area contributed by atoms with Crippen molar-refractivity contribution >= 4 is 28.6 Å². The summed E-state index contributed by atoms with van der Waals surface area (Å²) in [6.45, 7) is 6.20. The average Bonchev–Trinajstić information content (AvgIpc) is 3.14. The molecule has 1 aromatic carbocycles. The van der Waals surface area contributed by atoms with Crippen LogP contribution in [0.2, 0.25) is 0 Å². The number of amides is 1. The molecule has 0 N–H and O–H groups in total. The standard InChI is InChI=1S/C25H29N5O5/c1-3-29-23(32)19-8-5-6-9-20(19)30(25(29)34)17-22(31)28-13-7-12-27(14-15-28)21-11-10-18(16-26-21)24(33)35-4-2/h5-6,8-11,16H,3-4,7,12-15,17H2,1-2H3. The summed E-state index contributed by atoms with van der Waals surface area (Å²) in [4.78, 5) is 58.9. The summed E-state index contributed by atoms with van der Waals surface area (Å²) in [6.07, 6.45) is 2.23. The molecule has 0 unspecified atom stereocenters. The number of hydrogen-bond acceptors (Lipinski definition) is 7. The molecule has 0 aliphatic carbocycles. The van der Waals surface area contributed by atoms with Crippen LogP contribution < -0.4 is 16.1 Å². The summed E-state index contributed by atoms with van der Waals surface area (Å²) in [6, 6.07) is 10.3. The number of pyridine rings is 1. The van der Waals surface area contributed by atoms with E-state index in [4.69, 9.17) is 4.74 Å². The van der Waals surface area contributed by atoms with Crippen molar-refractivity contribution in [3.05, 3.63) is 69.0 Å². The molecule has 184 valence electrons.